The summed E-state index contributed by atoms with van der Waals surface area (Å²) in [7, 11) is 0. The molecule has 0 saturated carbocycles. The second-order valence-corrected chi connectivity index (χ2v) is 8.05. The first-order valence-corrected chi connectivity index (χ1v) is 10.6. The van der Waals surface area contributed by atoms with E-state index in [1.165, 1.54) is 6.07 Å². The fourth-order valence-corrected chi connectivity index (χ4v) is 3.51. The highest BCUT2D eigenvalue weighted by molar-refractivity contribution is 6.05. The number of aromatic nitrogens is 1. The molecule has 1 aliphatic rings. The first kappa shape index (κ1) is 25.9. The molecule has 2 heterocycles. The van der Waals surface area contributed by atoms with Crippen LogP contribution in [0.2, 0.25) is 0 Å². The molecule has 1 aromatic rings. The second-order valence-electron chi connectivity index (χ2n) is 8.05. The molecular formula is C22H28F6N4. The number of nitrogens with one attached hydrogen (secondary N) is 1. The molecule has 10 heteroatoms. The summed E-state index contributed by atoms with van der Waals surface area (Å²) in [5, 5.41) is 8.00. The molecule has 0 bridgehead atoms. The van der Waals surface area contributed by atoms with Gasteiger partial charge in [0.1, 0.15) is 11.4 Å². The van der Waals surface area contributed by atoms with Gasteiger partial charge in [-0.25, -0.2) is 4.98 Å². The zero-order valence-electron chi connectivity index (χ0n) is 18.1. The number of aliphatic imine (C=N–C) groups is 1. The van der Waals surface area contributed by atoms with Gasteiger partial charge in [-0.2, -0.15) is 26.3 Å². The number of halogens is 6. The Labute approximate surface area is 183 Å². The molecule has 0 amide bonds. The third kappa shape index (κ3) is 7.06. The Morgan fingerprint density at radius 1 is 1.19 bits per heavy atom. The Morgan fingerprint density at radius 2 is 1.84 bits per heavy atom. The molecular weight excluding hydrogens is 434 g/mol. The van der Waals surface area contributed by atoms with Crippen LogP contribution >= 0.6 is 0 Å². The van der Waals surface area contributed by atoms with Gasteiger partial charge in [-0.1, -0.05) is 39.5 Å². The van der Waals surface area contributed by atoms with E-state index < -0.39 is 35.5 Å². The van der Waals surface area contributed by atoms with Crippen LogP contribution in [0.3, 0.4) is 0 Å². The summed E-state index contributed by atoms with van der Waals surface area (Å²) < 4.78 is 76.5. The van der Waals surface area contributed by atoms with Crippen LogP contribution in [0.1, 0.15) is 75.4 Å². The molecule has 2 rings (SSSR count). The summed E-state index contributed by atoms with van der Waals surface area (Å²) in [4.78, 5) is 7.73. The maximum Gasteiger partial charge on any atom is 0.430 e. The topological polar surface area (TPSA) is 75.1 Å². The summed E-state index contributed by atoms with van der Waals surface area (Å²) >= 11 is 0. The van der Waals surface area contributed by atoms with E-state index in [9.17, 15) is 26.3 Å². The molecule has 4 nitrogen and oxygen atoms in total. The molecule has 0 spiro atoms. The van der Waals surface area contributed by atoms with E-state index in [4.69, 9.17) is 11.1 Å². The highest BCUT2D eigenvalue weighted by Crippen LogP contribution is 2.37. The zero-order chi connectivity index (χ0) is 24.1. The monoisotopic (exact) mass is 462 g/mol. The quantitative estimate of drug-likeness (QED) is 0.310. The van der Waals surface area contributed by atoms with E-state index in [1.54, 1.807) is 6.07 Å². The predicted molar refractivity (Wildman–Crippen MR) is 112 cm³/mol. The van der Waals surface area contributed by atoms with Crippen LogP contribution in [-0.2, 0) is 6.42 Å². The van der Waals surface area contributed by atoms with Gasteiger partial charge < -0.3 is 5.73 Å². The molecule has 178 valence electrons. The molecule has 0 aliphatic carbocycles. The first-order valence-electron chi connectivity index (χ1n) is 10.6. The van der Waals surface area contributed by atoms with Crippen LogP contribution in [0.25, 0.3) is 0 Å². The Hall–Kier alpha value is -2.39. The molecule has 0 aromatic carbocycles. The van der Waals surface area contributed by atoms with E-state index >= 15 is 0 Å². The van der Waals surface area contributed by atoms with E-state index in [0.29, 0.717) is 24.0 Å². The fourth-order valence-electron chi connectivity index (χ4n) is 3.51. The molecule has 0 fully saturated rings. The van der Waals surface area contributed by atoms with Gasteiger partial charge in [0, 0.05) is 6.42 Å². The Morgan fingerprint density at radius 3 is 2.38 bits per heavy atom. The van der Waals surface area contributed by atoms with Gasteiger partial charge in [-0.3, -0.25) is 10.4 Å². The number of nitrogens with two attached hydrogens (primary N) is 1. The molecule has 32 heavy (non-hydrogen) atoms. The molecule has 2 unspecified atom stereocenters. The molecule has 2 atom stereocenters. The molecule has 3 N–H and O–H groups in total. The predicted octanol–water partition coefficient (Wildman–Crippen LogP) is 6.45. The standard InChI is InChI=1S/C22H28F6N4/c1-3-5-6-13(4-2)7-8-14-9-16(15(29)11-19(30)21(23,24)25)31-17(10-14)18-12-20(32-18)22(26,27)28/h9-11,13,18,29H,3-8,12,30H2,1-2H3. The SMILES string of the molecule is CCCCC(CC)CCc1cc(C(=N)C=C(N)C(F)(F)F)nc(C2CC(C(F)(F)F)=N2)c1. The smallest absolute Gasteiger partial charge is 0.395 e. The summed E-state index contributed by atoms with van der Waals surface area (Å²) in [6.07, 6.45) is -3.57. The number of pyridine rings is 1. The highest BCUT2D eigenvalue weighted by Gasteiger charge is 2.43. The van der Waals surface area contributed by atoms with Crippen molar-refractivity contribution >= 4 is 11.4 Å². The fraction of sp³-hybridized carbons (Fsp3) is 0.591. The zero-order valence-corrected chi connectivity index (χ0v) is 18.1. The summed E-state index contributed by atoms with van der Waals surface area (Å²) in [5.41, 5.74) is 2.98. The largest absolute Gasteiger partial charge is 0.430 e. The van der Waals surface area contributed by atoms with Crippen molar-refractivity contribution in [3.63, 3.8) is 0 Å². The van der Waals surface area contributed by atoms with Gasteiger partial charge in [0.15, 0.2) is 0 Å². The van der Waals surface area contributed by atoms with Crippen LogP contribution in [0.15, 0.2) is 28.9 Å². The van der Waals surface area contributed by atoms with Crippen molar-refractivity contribution < 1.29 is 26.3 Å². The minimum absolute atomic E-state index is 0.0676. The third-order valence-corrected chi connectivity index (χ3v) is 5.56. The minimum atomic E-state index is -4.79. The lowest BCUT2D eigenvalue weighted by Crippen LogP contribution is -2.32. The highest BCUT2D eigenvalue weighted by atomic mass is 19.4. The number of rotatable bonds is 10. The number of hydrogen-bond donors (Lipinski definition) is 2. The van der Waals surface area contributed by atoms with E-state index in [-0.39, 0.29) is 17.8 Å². The van der Waals surface area contributed by atoms with Gasteiger partial charge in [-0.05, 0) is 42.5 Å². The Kier molecular flexibility index (Phi) is 8.47. The number of allylic oxidation sites excluding steroid dienone is 2. The summed E-state index contributed by atoms with van der Waals surface area (Å²) in [6, 6.07) is 2.32. The normalized spacial score (nSPS) is 18.2. The average Bonchev–Trinajstić information content (AvgIpc) is 2.65. The van der Waals surface area contributed by atoms with Crippen molar-refractivity contribution in [2.24, 2.45) is 16.6 Å². The van der Waals surface area contributed by atoms with Gasteiger partial charge in [0.05, 0.1) is 23.1 Å². The number of unbranched alkanes of at least 4 members (excludes halogenated alkanes) is 1. The number of nitrogens with zero attached hydrogens (tertiary/aromatic N) is 2. The molecule has 0 saturated heterocycles. The molecule has 1 aliphatic heterocycles. The van der Waals surface area contributed by atoms with Crippen molar-refractivity contribution in [3.8, 4) is 0 Å². The van der Waals surface area contributed by atoms with Crippen molar-refractivity contribution in [1.29, 1.82) is 5.41 Å². The maximum atomic E-state index is 12.8. The van der Waals surface area contributed by atoms with Gasteiger partial charge in [-0.15, -0.1) is 0 Å². The molecule has 0 radical (unpaired) electrons. The average molecular weight is 462 g/mol. The van der Waals surface area contributed by atoms with Crippen molar-refractivity contribution in [1.82, 2.24) is 4.98 Å². The lowest BCUT2D eigenvalue weighted by atomic mass is 9.91. The van der Waals surface area contributed by atoms with Crippen LogP contribution < -0.4 is 5.73 Å². The van der Waals surface area contributed by atoms with Crippen molar-refractivity contribution in [3.05, 3.63) is 40.9 Å². The van der Waals surface area contributed by atoms with Gasteiger partial charge in [0.2, 0.25) is 0 Å². The van der Waals surface area contributed by atoms with Crippen LogP contribution in [-0.4, -0.2) is 28.8 Å². The minimum Gasteiger partial charge on any atom is -0.395 e. The number of aryl methyl sites for hydroxylation is 1. The Bertz CT molecular complexity index is 870. The second kappa shape index (κ2) is 10.5. The third-order valence-electron chi connectivity index (χ3n) is 5.56. The maximum absolute atomic E-state index is 12.8. The molecule has 1 aromatic heterocycles. The lowest BCUT2D eigenvalue weighted by molar-refractivity contribution is -0.0925. The van der Waals surface area contributed by atoms with Crippen LogP contribution in [0, 0.1) is 11.3 Å². The van der Waals surface area contributed by atoms with Crippen LogP contribution in [0.5, 0.6) is 0 Å². The van der Waals surface area contributed by atoms with Gasteiger partial charge >= 0.3 is 12.4 Å². The lowest BCUT2D eigenvalue weighted by Gasteiger charge is -2.26. The number of hydrogen-bond acceptors (Lipinski definition) is 4. The van der Waals surface area contributed by atoms with E-state index in [2.05, 4.69) is 23.8 Å². The summed E-state index contributed by atoms with van der Waals surface area (Å²) in [5.74, 6) is 0.466. The number of alkyl halides is 6. The van der Waals surface area contributed by atoms with Crippen molar-refractivity contribution in [2.75, 3.05) is 0 Å². The van der Waals surface area contributed by atoms with E-state index in [1.807, 2.05) is 0 Å². The Balaban J connectivity index is 2.32. The van der Waals surface area contributed by atoms with Crippen LogP contribution in [0.4, 0.5) is 26.3 Å². The summed E-state index contributed by atoms with van der Waals surface area (Å²) in [6.45, 7) is 4.19. The van der Waals surface area contributed by atoms with E-state index in [0.717, 1.165) is 32.1 Å². The van der Waals surface area contributed by atoms with Crippen molar-refractivity contribution in [2.45, 2.75) is 77.2 Å². The van der Waals surface area contributed by atoms with Gasteiger partial charge in [0.25, 0.3) is 0 Å². The first-order chi connectivity index (χ1) is 14.8.